The van der Waals surface area contributed by atoms with Crippen LogP contribution in [0.2, 0.25) is 0 Å². The maximum Gasteiger partial charge on any atom is 0.0996 e. The van der Waals surface area contributed by atoms with E-state index in [1.165, 1.54) is 0 Å². The molecule has 0 aliphatic heterocycles. The van der Waals surface area contributed by atoms with Crippen molar-refractivity contribution in [3.05, 3.63) is 144 Å². The summed E-state index contributed by atoms with van der Waals surface area (Å²) in [5.74, 6) is 0. The second-order valence-corrected chi connectivity index (χ2v) is 7.58. The number of hydroxylamine groups is 3. The molecule has 6 nitrogen and oxygen atoms in total. The van der Waals surface area contributed by atoms with Gasteiger partial charge < -0.3 is 0 Å². The molecule has 0 aliphatic rings. The topological polar surface area (TPSA) is 63.8 Å². The Kier molecular flexibility index (Phi) is 10.5. The maximum absolute atomic E-state index is 5.69. The Labute approximate surface area is 201 Å². The summed E-state index contributed by atoms with van der Waals surface area (Å²) < 4.78 is 0. The van der Waals surface area contributed by atoms with Crippen LogP contribution in [-0.4, -0.2) is 0 Å². The van der Waals surface area contributed by atoms with Crippen LogP contribution in [-0.2, 0) is 34.3 Å². The fourth-order valence-corrected chi connectivity index (χ4v) is 2.95. The minimum absolute atomic E-state index is 0.410. The molecule has 3 N–H and O–H groups in total. The van der Waals surface area contributed by atoms with Crippen LogP contribution in [0.3, 0.4) is 0 Å². The van der Waals surface area contributed by atoms with Crippen LogP contribution >= 0.6 is 0 Å². The van der Waals surface area contributed by atoms with Crippen molar-refractivity contribution in [2.45, 2.75) is 26.7 Å². The van der Waals surface area contributed by atoms with Crippen molar-refractivity contribution in [1.29, 1.82) is 0 Å². The van der Waals surface area contributed by atoms with Crippen LogP contribution in [0.25, 0.3) is 0 Å². The van der Waals surface area contributed by atoms with Crippen molar-refractivity contribution in [3.63, 3.8) is 0 Å². The van der Waals surface area contributed by atoms with Crippen LogP contribution in [0, 0.1) is 0 Å². The van der Waals surface area contributed by atoms with Gasteiger partial charge in [0.05, 0.1) is 31.2 Å². The molecule has 0 fully saturated rings. The van der Waals surface area contributed by atoms with Crippen LogP contribution in [0.1, 0.15) is 23.6 Å². The average Bonchev–Trinajstić information content (AvgIpc) is 2.86. The van der Waals surface area contributed by atoms with Gasteiger partial charge in [0.15, 0.2) is 0 Å². The van der Waals surface area contributed by atoms with Gasteiger partial charge in [-0.2, -0.15) is 0 Å². The van der Waals surface area contributed by atoms with Gasteiger partial charge in [-0.1, -0.05) is 97.6 Å². The molecule has 3 rings (SSSR count). The molecule has 0 bridgehead atoms. The van der Waals surface area contributed by atoms with Gasteiger partial charge in [-0.05, 0) is 35.8 Å². The van der Waals surface area contributed by atoms with E-state index in [2.05, 4.69) is 23.0 Å². The van der Waals surface area contributed by atoms with E-state index < -0.39 is 0 Å². The molecule has 0 unspecified atom stereocenters. The summed E-state index contributed by atoms with van der Waals surface area (Å²) in [7, 11) is 0. The summed E-state index contributed by atoms with van der Waals surface area (Å²) in [6.07, 6.45) is 3.65. The Hall–Kier alpha value is -3.84. The van der Waals surface area contributed by atoms with E-state index in [0.29, 0.717) is 31.2 Å². The Morgan fingerprint density at radius 2 is 1.03 bits per heavy atom. The quantitative estimate of drug-likeness (QED) is 0.221. The van der Waals surface area contributed by atoms with Gasteiger partial charge in [0.2, 0.25) is 0 Å². The fourth-order valence-electron chi connectivity index (χ4n) is 2.95. The average molecular weight is 458 g/mol. The summed E-state index contributed by atoms with van der Waals surface area (Å²) >= 11 is 0. The minimum Gasteiger partial charge on any atom is -0.272 e. The standard InChI is InChI=1S/C28H31N3O3/c1-23(29-32-20-25-12-6-3-7-13-25)18-28(31-34-22-27-16-10-5-11-17-27)19-24(2)30-33-21-26-14-8-4-9-15-26/h3-19,29-31H,1,20-22H2,2H3. The summed E-state index contributed by atoms with van der Waals surface area (Å²) in [5.41, 5.74) is 14.0. The molecule has 0 atom stereocenters. The molecular formula is C28H31N3O3. The normalized spacial score (nSPS) is 11.7. The first kappa shape index (κ1) is 24.8. The summed E-state index contributed by atoms with van der Waals surface area (Å²) in [6, 6.07) is 29.8. The maximum atomic E-state index is 5.69. The van der Waals surface area contributed by atoms with Crippen molar-refractivity contribution < 1.29 is 14.5 Å². The Morgan fingerprint density at radius 3 is 1.50 bits per heavy atom. The molecule has 0 radical (unpaired) electrons. The third-order valence-electron chi connectivity index (χ3n) is 4.57. The Bertz CT molecular complexity index is 1050. The van der Waals surface area contributed by atoms with Gasteiger partial charge in [-0.15, -0.1) is 0 Å². The molecule has 0 saturated carbocycles. The Balaban J connectivity index is 1.55. The third-order valence-corrected chi connectivity index (χ3v) is 4.57. The van der Waals surface area contributed by atoms with Gasteiger partial charge >= 0.3 is 0 Å². The third kappa shape index (κ3) is 9.75. The molecule has 176 valence electrons. The SMILES string of the molecule is C=C(C=C(C=C(C)NOCc1ccccc1)NOCc1ccccc1)NOCc1ccccc1. The van der Waals surface area contributed by atoms with E-state index in [9.17, 15) is 0 Å². The largest absolute Gasteiger partial charge is 0.272 e. The van der Waals surface area contributed by atoms with Crippen molar-refractivity contribution in [2.24, 2.45) is 0 Å². The van der Waals surface area contributed by atoms with Crippen LogP contribution in [0.4, 0.5) is 0 Å². The highest BCUT2D eigenvalue weighted by Gasteiger charge is 2.01. The minimum atomic E-state index is 0.410. The number of hydrogen-bond donors (Lipinski definition) is 3. The highest BCUT2D eigenvalue weighted by Crippen LogP contribution is 2.06. The Morgan fingerprint density at radius 1 is 0.618 bits per heavy atom. The molecule has 0 amide bonds. The molecule has 6 heteroatoms. The van der Waals surface area contributed by atoms with Crippen LogP contribution in [0.5, 0.6) is 0 Å². The predicted molar refractivity (Wildman–Crippen MR) is 134 cm³/mol. The lowest BCUT2D eigenvalue weighted by Crippen LogP contribution is -2.18. The highest BCUT2D eigenvalue weighted by atomic mass is 16.7. The van der Waals surface area contributed by atoms with E-state index in [-0.39, 0.29) is 0 Å². The van der Waals surface area contributed by atoms with Gasteiger partial charge in [-0.25, -0.2) is 0 Å². The zero-order valence-corrected chi connectivity index (χ0v) is 19.4. The molecule has 0 heterocycles. The van der Waals surface area contributed by atoms with E-state index in [4.69, 9.17) is 14.5 Å². The first-order valence-electron chi connectivity index (χ1n) is 11.0. The summed E-state index contributed by atoms with van der Waals surface area (Å²) in [5, 5.41) is 0. The molecule has 0 aliphatic carbocycles. The highest BCUT2D eigenvalue weighted by molar-refractivity contribution is 5.27. The van der Waals surface area contributed by atoms with Crippen molar-refractivity contribution in [2.75, 3.05) is 0 Å². The van der Waals surface area contributed by atoms with E-state index >= 15 is 0 Å². The number of hydrogen-bond acceptors (Lipinski definition) is 6. The number of benzene rings is 3. The lowest BCUT2D eigenvalue weighted by atomic mass is 10.2. The van der Waals surface area contributed by atoms with Gasteiger partial charge in [-0.3, -0.25) is 31.0 Å². The molecule has 3 aromatic rings. The van der Waals surface area contributed by atoms with E-state index in [0.717, 1.165) is 22.4 Å². The molecular weight excluding hydrogens is 426 g/mol. The molecule has 0 spiro atoms. The second-order valence-electron chi connectivity index (χ2n) is 7.58. The van der Waals surface area contributed by atoms with Gasteiger partial charge in [0.1, 0.15) is 0 Å². The van der Waals surface area contributed by atoms with Crippen molar-refractivity contribution in [1.82, 2.24) is 16.4 Å². The molecule has 0 aromatic heterocycles. The molecule has 3 aromatic carbocycles. The van der Waals surface area contributed by atoms with E-state index in [1.807, 2.05) is 104 Å². The van der Waals surface area contributed by atoms with Gasteiger partial charge in [0.25, 0.3) is 0 Å². The molecule has 0 saturated heterocycles. The summed E-state index contributed by atoms with van der Waals surface area (Å²) in [6.45, 7) is 7.20. The van der Waals surface area contributed by atoms with Crippen LogP contribution < -0.4 is 16.4 Å². The van der Waals surface area contributed by atoms with Crippen molar-refractivity contribution >= 4 is 0 Å². The fraction of sp³-hybridized carbons (Fsp3) is 0.143. The summed E-state index contributed by atoms with van der Waals surface area (Å²) in [4.78, 5) is 16.8. The lowest BCUT2D eigenvalue weighted by molar-refractivity contribution is 0.0445. The zero-order valence-electron chi connectivity index (χ0n) is 19.4. The predicted octanol–water partition coefficient (Wildman–Crippen LogP) is 5.45. The first-order chi connectivity index (χ1) is 16.7. The number of nitrogens with one attached hydrogen (secondary N) is 3. The number of allylic oxidation sites excluding steroid dienone is 3. The lowest BCUT2D eigenvalue weighted by Gasteiger charge is -2.13. The molecule has 34 heavy (non-hydrogen) atoms. The second kappa shape index (κ2) is 14.3. The monoisotopic (exact) mass is 457 g/mol. The number of rotatable bonds is 14. The zero-order chi connectivity index (χ0) is 23.8. The van der Waals surface area contributed by atoms with E-state index in [1.54, 1.807) is 6.08 Å². The first-order valence-corrected chi connectivity index (χ1v) is 11.0. The smallest absolute Gasteiger partial charge is 0.0996 e. The van der Waals surface area contributed by atoms with Crippen LogP contribution in [0.15, 0.2) is 127 Å². The van der Waals surface area contributed by atoms with Gasteiger partial charge in [0, 0.05) is 5.70 Å². The van der Waals surface area contributed by atoms with Crippen molar-refractivity contribution in [3.8, 4) is 0 Å².